The van der Waals surface area contributed by atoms with E-state index in [1.165, 1.54) is 16.9 Å². The van der Waals surface area contributed by atoms with Crippen LogP contribution in [0.15, 0.2) is 54.6 Å². The first kappa shape index (κ1) is 24.3. The summed E-state index contributed by atoms with van der Waals surface area (Å²) in [4.78, 5) is 35.9. The quantitative estimate of drug-likeness (QED) is 0.602. The van der Waals surface area contributed by atoms with Crippen LogP contribution in [0, 0.1) is 11.8 Å². The first-order valence-corrected chi connectivity index (χ1v) is 11.0. The Labute approximate surface area is 185 Å². The van der Waals surface area contributed by atoms with Gasteiger partial charge in [0.05, 0.1) is 5.69 Å². The molecule has 2 amide bonds. The Hall–Kier alpha value is -2.95. The third-order valence-corrected chi connectivity index (χ3v) is 6.00. The lowest BCUT2D eigenvalue weighted by atomic mass is 9.99. The van der Waals surface area contributed by atoms with E-state index in [0.717, 1.165) is 5.56 Å². The Balaban J connectivity index is 0.000000285. The minimum atomic E-state index is -0.803. The van der Waals surface area contributed by atoms with Gasteiger partial charge in [0, 0.05) is 18.3 Å². The highest BCUT2D eigenvalue weighted by molar-refractivity contribution is 6.21. The number of imide groups is 1. The molecule has 0 saturated carbocycles. The van der Waals surface area contributed by atoms with Gasteiger partial charge >= 0.3 is 5.97 Å². The van der Waals surface area contributed by atoms with Gasteiger partial charge in [0.2, 0.25) is 11.8 Å². The number of carbonyl (C=O) groups is 3. The van der Waals surface area contributed by atoms with E-state index in [1.54, 1.807) is 26.0 Å². The van der Waals surface area contributed by atoms with Crippen molar-refractivity contribution in [3.8, 4) is 0 Å². The zero-order valence-corrected chi connectivity index (χ0v) is 18.9. The SMILES string of the molecule is CC1C(=O)N(c2ccc(CCCC(=O)O)cc2)C(=O)C1C.CCC(C)c1ccccc1. The number of amides is 2. The van der Waals surface area contributed by atoms with Crippen molar-refractivity contribution in [2.45, 2.75) is 59.3 Å². The number of carboxylic acids is 1. The summed E-state index contributed by atoms with van der Waals surface area (Å²) in [7, 11) is 0. The van der Waals surface area contributed by atoms with Gasteiger partial charge in [-0.1, -0.05) is 70.2 Å². The van der Waals surface area contributed by atoms with Gasteiger partial charge in [0.15, 0.2) is 0 Å². The lowest BCUT2D eigenvalue weighted by molar-refractivity contribution is -0.137. The van der Waals surface area contributed by atoms with E-state index in [2.05, 4.69) is 44.2 Å². The summed E-state index contributed by atoms with van der Waals surface area (Å²) in [5.41, 5.74) is 3.04. The maximum atomic E-state index is 12.1. The number of nitrogens with zero attached hydrogens (tertiary/aromatic N) is 1. The summed E-state index contributed by atoms with van der Waals surface area (Å²) < 4.78 is 0. The van der Waals surface area contributed by atoms with Gasteiger partial charge in [-0.25, -0.2) is 0 Å². The molecule has 1 aliphatic heterocycles. The summed E-state index contributed by atoms with van der Waals surface area (Å²) >= 11 is 0. The second kappa shape index (κ2) is 11.4. The normalized spacial score (nSPS) is 19.0. The molecule has 1 heterocycles. The second-order valence-corrected chi connectivity index (χ2v) is 8.22. The van der Waals surface area contributed by atoms with Gasteiger partial charge < -0.3 is 5.11 Å². The predicted octanol–water partition coefficient (Wildman–Crippen LogP) is 5.44. The monoisotopic (exact) mass is 423 g/mol. The van der Waals surface area contributed by atoms with Gasteiger partial charge in [-0.3, -0.25) is 19.3 Å². The summed E-state index contributed by atoms with van der Waals surface area (Å²) in [6.07, 6.45) is 2.61. The molecule has 1 N–H and O–H groups in total. The minimum absolute atomic E-state index is 0.139. The van der Waals surface area contributed by atoms with Crippen LogP contribution < -0.4 is 4.90 Å². The van der Waals surface area contributed by atoms with Crippen molar-refractivity contribution >= 4 is 23.5 Å². The zero-order valence-electron chi connectivity index (χ0n) is 18.9. The maximum absolute atomic E-state index is 12.1. The summed E-state index contributed by atoms with van der Waals surface area (Å²) in [6.45, 7) is 8.02. The lowest BCUT2D eigenvalue weighted by Gasteiger charge is -2.15. The third-order valence-electron chi connectivity index (χ3n) is 6.00. The molecule has 0 aliphatic carbocycles. The molecule has 1 saturated heterocycles. The summed E-state index contributed by atoms with van der Waals surface area (Å²) in [5, 5.41) is 8.61. The largest absolute Gasteiger partial charge is 0.481 e. The molecule has 2 aromatic rings. The number of anilines is 1. The molecule has 0 aromatic heterocycles. The maximum Gasteiger partial charge on any atom is 0.303 e. The summed E-state index contributed by atoms with van der Waals surface area (Å²) in [5.74, 6) is -0.984. The molecule has 5 heteroatoms. The van der Waals surface area contributed by atoms with E-state index in [1.807, 2.05) is 12.1 Å². The summed E-state index contributed by atoms with van der Waals surface area (Å²) in [6, 6.07) is 17.8. The average molecular weight is 424 g/mol. The molecule has 5 nitrogen and oxygen atoms in total. The number of hydrogen-bond acceptors (Lipinski definition) is 3. The Morgan fingerprint density at radius 2 is 1.52 bits per heavy atom. The number of carbonyl (C=O) groups excluding carboxylic acids is 2. The van der Waals surface area contributed by atoms with Crippen LogP contribution >= 0.6 is 0 Å². The molecule has 3 rings (SSSR count). The van der Waals surface area contributed by atoms with Gasteiger partial charge in [0.1, 0.15) is 0 Å². The molecule has 0 spiro atoms. The van der Waals surface area contributed by atoms with Crippen LogP contribution in [0.4, 0.5) is 5.69 Å². The number of rotatable bonds is 7. The standard InChI is InChI=1S/C16H19NO4.C10H14/c1-10-11(2)16(21)17(15(10)20)13-8-6-12(7-9-13)4-3-5-14(18)19;1-3-9(2)10-7-5-4-6-8-10/h6-11H,3-5H2,1-2H3,(H,18,19);4-9H,3H2,1-2H3. The predicted molar refractivity (Wildman–Crippen MR) is 123 cm³/mol. The molecule has 3 unspecified atom stereocenters. The van der Waals surface area contributed by atoms with Gasteiger partial charge in [-0.2, -0.15) is 0 Å². The van der Waals surface area contributed by atoms with Crippen LogP contribution in [0.25, 0.3) is 0 Å². The fourth-order valence-corrected chi connectivity index (χ4v) is 3.47. The van der Waals surface area contributed by atoms with Gasteiger partial charge in [-0.15, -0.1) is 0 Å². The van der Waals surface area contributed by atoms with Crippen LogP contribution in [-0.4, -0.2) is 22.9 Å². The van der Waals surface area contributed by atoms with Crippen molar-refractivity contribution in [1.29, 1.82) is 0 Å². The Kier molecular flexibility index (Phi) is 8.98. The Bertz CT molecular complexity index is 856. The highest BCUT2D eigenvalue weighted by Crippen LogP contribution is 2.30. The molecule has 166 valence electrons. The molecule has 3 atom stereocenters. The van der Waals surface area contributed by atoms with E-state index in [9.17, 15) is 14.4 Å². The first-order chi connectivity index (χ1) is 14.8. The fourth-order valence-electron chi connectivity index (χ4n) is 3.47. The molecular weight excluding hydrogens is 390 g/mol. The highest BCUT2D eigenvalue weighted by Gasteiger charge is 2.42. The smallest absolute Gasteiger partial charge is 0.303 e. The van der Waals surface area contributed by atoms with Crippen LogP contribution in [0.1, 0.15) is 64.0 Å². The number of benzene rings is 2. The number of aliphatic carboxylic acids is 1. The van der Waals surface area contributed by atoms with Crippen LogP contribution in [0.2, 0.25) is 0 Å². The van der Waals surface area contributed by atoms with Crippen molar-refractivity contribution in [2.75, 3.05) is 4.90 Å². The minimum Gasteiger partial charge on any atom is -0.481 e. The lowest BCUT2D eigenvalue weighted by Crippen LogP contribution is -2.30. The van der Waals surface area contributed by atoms with Crippen molar-refractivity contribution in [2.24, 2.45) is 11.8 Å². The van der Waals surface area contributed by atoms with Crippen molar-refractivity contribution in [3.63, 3.8) is 0 Å². The molecule has 31 heavy (non-hydrogen) atoms. The van der Waals surface area contributed by atoms with Gasteiger partial charge in [0.25, 0.3) is 0 Å². The molecule has 1 fully saturated rings. The Morgan fingerprint density at radius 3 is 2.00 bits per heavy atom. The van der Waals surface area contributed by atoms with Crippen LogP contribution in [0.3, 0.4) is 0 Å². The second-order valence-electron chi connectivity index (χ2n) is 8.22. The number of aryl methyl sites for hydroxylation is 1. The first-order valence-electron chi connectivity index (χ1n) is 11.0. The van der Waals surface area contributed by atoms with Crippen molar-refractivity contribution < 1.29 is 19.5 Å². The molecule has 2 aromatic carbocycles. The van der Waals surface area contributed by atoms with Crippen LogP contribution in [0.5, 0.6) is 0 Å². The number of hydrogen-bond donors (Lipinski definition) is 1. The van der Waals surface area contributed by atoms with E-state index in [4.69, 9.17) is 5.11 Å². The van der Waals surface area contributed by atoms with E-state index >= 15 is 0 Å². The van der Waals surface area contributed by atoms with Crippen molar-refractivity contribution in [3.05, 3.63) is 65.7 Å². The molecule has 0 bridgehead atoms. The molecule has 1 aliphatic rings. The fraction of sp³-hybridized carbons (Fsp3) is 0.423. The third kappa shape index (κ3) is 6.51. The number of carboxylic acid groups (broad SMARTS) is 1. The van der Waals surface area contributed by atoms with Gasteiger partial charge in [-0.05, 0) is 48.4 Å². The van der Waals surface area contributed by atoms with Crippen LogP contribution in [-0.2, 0) is 20.8 Å². The van der Waals surface area contributed by atoms with Crippen molar-refractivity contribution in [1.82, 2.24) is 0 Å². The van der Waals surface area contributed by atoms with E-state index in [0.29, 0.717) is 24.4 Å². The Morgan fingerprint density at radius 1 is 0.968 bits per heavy atom. The zero-order chi connectivity index (χ0) is 23.0. The van der Waals surface area contributed by atoms with E-state index < -0.39 is 5.97 Å². The topological polar surface area (TPSA) is 74.7 Å². The van der Waals surface area contributed by atoms with E-state index in [-0.39, 0.29) is 30.1 Å². The molecule has 0 radical (unpaired) electrons. The molecular formula is C26H33NO4. The average Bonchev–Trinajstić information content (AvgIpc) is 2.97. The highest BCUT2D eigenvalue weighted by atomic mass is 16.4.